The molecule has 6 nitrogen and oxygen atoms in total. The molecule has 140 valence electrons. The Morgan fingerprint density at radius 1 is 0.815 bits per heavy atom. The Balaban J connectivity index is 0.00000210. The number of rotatable bonds is 3. The molecule has 2 aromatic heterocycles. The number of aromatic nitrogens is 1. The molecule has 0 aliphatic heterocycles. The zero-order valence-corrected chi connectivity index (χ0v) is 16.6. The van der Waals surface area contributed by atoms with Gasteiger partial charge in [0.2, 0.25) is 11.3 Å². The second-order valence-corrected chi connectivity index (χ2v) is 5.96. The molecule has 0 aliphatic carbocycles. The van der Waals surface area contributed by atoms with Gasteiger partial charge in [0.1, 0.15) is 0 Å². The number of hydrogen-bond donors (Lipinski definition) is 2. The topological polar surface area (TPSA) is 72.3 Å². The molecule has 0 atom stereocenters. The Hall–Kier alpha value is -2.93. The lowest BCUT2D eigenvalue weighted by Crippen LogP contribution is -3.00. The highest BCUT2D eigenvalue weighted by Gasteiger charge is 2.19. The molecule has 2 heterocycles. The summed E-state index contributed by atoms with van der Waals surface area (Å²) in [6, 6.07) is 9.14. The Bertz CT molecular complexity index is 1180. The number of phenols is 2. The highest BCUT2D eigenvalue weighted by atomic mass is 79.9. The summed E-state index contributed by atoms with van der Waals surface area (Å²) in [6.45, 7) is 0. The van der Waals surface area contributed by atoms with Crippen molar-refractivity contribution in [2.45, 2.75) is 0 Å². The Labute approximate surface area is 165 Å². The van der Waals surface area contributed by atoms with E-state index in [-0.39, 0.29) is 28.5 Å². The number of phenolic OH excluding ortho intramolecular Hbond substituents is 2. The molecule has 0 spiro atoms. The van der Waals surface area contributed by atoms with E-state index in [1.807, 2.05) is 35.0 Å². The summed E-state index contributed by atoms with van der Waals surface area (Å²) >= 11 is 0. The van der Waals surface area contributed by atoms with E-state index in [0.717, 1.165) is 21.7 Å². The van der Waals surface area contributed by atoms with E-state index < -0.39 is 0 Å². The van der Waals surface area contributed by atoms with Crippen molar-refractivity contribution < 1.29 is 45.8 Å². The van der Waals surface area contributed by atoms with Crippen molar-refractivity contribution in [3.05, 3.63) is 42.7 Å². The molecule has 0 aliphatic rings. The minimum Gasteiger partial charge on any atom is -1.00 e. The third-order valence-corrected chi connectivity index (χ3v) is 4.60. The third-order valence-electron chi connectivity index (χ3n) is 4.60. The maximum atomic E-state index is 10.6. The second kappa shape index (κ2) is 7.00. The highest BCUT2D eigenvalue weighted by Crippen LogP contribution is 2.42. The van der Waals surface area contributed by atoms with Gasteiger partial charge in [0.25, 0.3) is 0 Å². The van der Waals surface area contributed by atoms with Crippen LogP contribution in [0.3, 0.4) is 0 Å². The summed E-state index contributed by atoms with van der Waals surface area (Å²) in [7, 11) is 4.54. The number of hydrogen-bond acceptors (Lipinski definition) is 5. The summed E-state index contributed by atoms with van der Waals surface area (Å²) in [4.78, 5) is 0. The number of fused-ring (bicyclic) bond motifs is 4. The number of nitrogens with zero attached hydrogens (tertiary/aromatic N) is 1. The summed E-state index contributed by atoms with van der Waals surface area (Å²) in [5, 5.41) is 23.8. The number of methoxy groups -OCH3 is 3. The van der Waals surface area contributed by atoms with Crippen molar-refractivity contribution in [2.24, 2.45) is 0 Å². The van der Waals surface area contributed by atoms with Crippen LogP contribution in [0, 0.1) is 0 Å². The van der Waals surface area contributed by atoms with E-state index in [1.165, 1.54) is 21.3 Å². The lowest BCUT2D eigenvalue weighted by atomic mass is 10.1. The minimum atomic E-state index is 0. The number of benzene rings is 2. The molecule has 0 unspecified atom stereocenters. The number of ether oxygens (including phenoxy) is 3. The fourth-order valence-electron chi connectivity index (χ4n) is 3.30. The van der Waals surface area contributed by atoms with Gasteiger partial charge < -0.3 is 41.4 Å². The normalized spacial score (nSPS) is 10.8. The van der Waals surface area contributed by atoms with Crippen molar-refractivity contribution in [3.8, 4) is 28.7 Å². The molecule has 27 heavy (non-hydrogen) atoms. The molecule has 2 N–H and O–H groups in total. The van der Waals surface area contributed by atoms with E-state index in [4.69, 9.17) is 14.2 Å². The van der Waals surface area contributed by atoms with Crippen LogP contribution in [0.2, 0.25) is 0 Å². The molecule has 7 heteroatoms. The van der Waals surface area contributed by atoms with Gasteiger partial charge in [-0.3, -0.25) is 0 Å². The van der Waals surface area contributed by atoms with Crippen LogP contribution in [-0.4, -0.2) is 31.5 Å². The number of pyridine rings is 2. The average molecular weight is 432 g/mol. The molecule has 4 aromatic rings. The van der Waals surface area contributed by atoms with Crippen LogP contribution in [0.1, 0.15) is 0 Å². The van der Waals surface area contributed by atoms with E-state index in [9.17, 15) is 10.2 Å². The standard InChI is InChI=1S/C20H17NO5.BrH/c1-24-17-9-13-11(7-16(17)22)4-5-21-10-14-12(6-15(13)21)8-18(25-2)20(26-3)19(14)23;/h4-10H,1-3H3,(H,22,23);1H. The van der Waals surface area contributed by atoms with Crippen molar-refractivity contribution in [1.82, 2.24) is 0 Å². The van der Waals surface area contributed by atoms with Gasteiger partial charge in [0, 0.05) is 17.5 Å². The van der Waals surface area contributed by atoms with Crippen LogP contribution < -0.4 is 35.6 Å². The predicted octanol–water partition coefficient (Wildman–Crippen LogP) is 0.173. The SMILES string of the molecule is COc1cc2c(cc[n+]3cc4c(O)c(OC)c(OC)cc4cc23)cc1O.[Br-]. The van der Waals surface area contributed by atoms with Gasteiger partial charge in [0.05, 0.1) is 32.1 Å². The zero-order chi connectivity index (χ0) is 18.4. The summed E-state index contributed by atoms with van der Waals surface area (Å²) < 4.78 is 17.8. The largest absolute Gasteiger partial charge is 1.00 e. The fourth-order valence-corrected chi connectivity index (χ4v) is 3.30. The molecular formula is C20H18BrNO5. The average Bonchev–Trinajstić information content (AvgIpc) is 2.66. The van der Waals surface area contributed by atoms with E-state index in [2.05, 4.69) is 0 Å². The molecule has 0 saturated heterocycles. The smallest absolute Gasteiger partial charge is 0.219 e. The number of aromatic hydroxyl groups is 2. The van der Waals surface area contributed by atoms with E-state index in [1.54, 1.807) is 12.1 Å². The van der Waals surface area contributed by atoms with E-state index >= 15 is 0 Å². The van der Waals surface area contributed by atoms with Gasteiger partial charge in [-0.15, -0.1) is 0 Å². The number of halogens is 1. The van der Waals surface area contributed by atoms with Crippen molar-refractivity contribution in [2.75, 3.05) is 21.3 Å². The third kappa shape index (κ3) is 2.84. The predicted molar refractivity (Wildman–Crippen MR) is 97.6 cm³/mol. The first-order valence-electron chi connectivity index (χ1n) is 7.99. The monoisotopic (exact) mass is 431 g/mol. The molecule has 0 bridgehead atoms. The quantitative estimate of drug-likeness (QED) is 0.275. The van der Waals surface area contributed by atoms with Gasteiger partial charge >= 0.3 is 0 Å². The minimum absolute atomic E-state index is 0. The molecular weight excluding hydrogens is 414 g/mol. The molecule has 0 fully saturated rings. The Kier molecular flexibility index (Phi) is 4.89. The van der Waals surface area contributed by atoms with Crippen LogP contribution in [0.15, 0.2) is 42.7 Å². The van der Waals surface area contributed by atoms with Gasteiger partial charge in [-0.25, -0.2) is 0 Å². The molecule has 2 aromatic carbocycles. The zero-order valence-electron chi connectivity index (χ0n) is 15.0. The lowest BCUT2D eigenvalue weighted by Gasteiger charge is -2.11. The van der Waals surface area contributed by atoms with Crippen LogP contribution in [0.5, 0.6) is 28.7 Å². The van der Waals surface area contributed by atoms with Crippen molar-refractivity contribution in [3.63, 3.8) is 0 Å². The molecule has 0 radical (unpaired) electrons. The van der Waals surface area contributed by atoms with Gasteiger partial charge in [-0.05, 0) is 23.6 Å². The fraction of sp³-hybridized carbons (Fsp3) is 0.150. The summed E-state index contributed by atoms with van der Waals surface area (Å²) in [5.74, 6) is 1.28. The molecule has 4 rings (SSSR count). The first-order chi connectivity index (χ1) is 12.6. The first-order valence-corrected chi connectivity index (χ1v) is 7.99. The maximum absolute atomic E-state index is 10.6. The summed E-state index contributed by atoms with van der Waals surface area (Å²) in [5.41, 5.74) is 0.903. The van der Waals surface area contributed by atoms with Crippen LogP contribution in [-0.2, 0) is 0 Å². The Morgan fingerprint density at radius 2 is 1.56 bits per heavy atom. The van der Waals surface area contributed by atoms with Crippen LogP contribution in [0.25, 0.3) is 27.1 Å². The maximum Gasteiger partial charge on any atom is 0.219 e. The van der Waals surface area contributed by atoms with Gasteiger partial charge in [0.15, 0.2) is 35.4 Å². The first kappa shape index (κ1) is 18.8. The van der Waals surface area contributed by atoms with Gasteiger partial charge in [-0.2, -0.15) is 4.40 Å². The molecule has 0 saturated carbocycles. The van der Waals surface area contributed by atoms with E-state index in [0.29, 0.717) is 22.6 Å². The van der Waals surface area contributed by atoms with Gasteiger partial charge in [-0.1, -0.05) is 0 Å². The van der Waals surface area contributed by atoms with Crippen LogP contribution in [0.4, 0.5) is 0 Å². The summed E-state index contributed by atoms with van der Waals surface area (Å²) in [6.07, 6.45) is 3.71. The lowest BCUT2D eigenvalue weighted by molar-refractivity contribution is -0.509. The van der Waals surface area contributed by atoms with Crippen LogP contribution >= 0.6 is 0 Å². The Morgan fingerprint density at radius 3 is 2.22 bits per heavy atom. The van der Waals surface area contributed by atoms with Crippen molar-refractivity contribution >= 4 is 27.1 Å². The molecule has 0 amide bonds. The second-order valence-electron chi connectivity index (χ2n) is 5.96. The highest BCUT2D eigenvalue weighted by molar-refractivity contribution is 6.00. The van der Waals surface area contributed by atoms with Crippen molar-refractivity contribution in [1.29, 1.82) is 0 Å².